The second-order valence-corrected chi connectivity index (χ2v) is 21.1. The van der Waals surface area contributed by atoms with Crippen molar-refractivity contribution in [1.29, 1.82) is 0 Å². The molecular formula is C61H59N3. The third-order valence-corrected chi connectivity index (χ3v) is 14.8. The van der Waals surface area contributed by atoms with Crippen LogP contribution in [-0.2, 0) is 5.41 Å². The first kappa shape index (κ1) is 40.2. The molecule has 2 aliphatic carbocycles. The van der Waals surface area contributed by atoms with E-state index < -0.39 is 0 Å². The van der Waals surface area contributed by atoms with Crippen LogP contribution in [0.1, 0.15) is 79.4 Å². The van der Waals surface area contributed by atoms with Crippen molar-refractivity contribution in [2.24, 2.45) is 22.7 Å². The van der Waals surface area contributed by atoms with Crippen LogP contribution in [0.2, 0.25) is 0 Å². The lowest BCUT2D eigenvalue weighted by molar-refractivity contribution is 0.293. The predicted molar refractivity (Wildman–Crippen MR) is 275 cm³/mol. The summed E-state index contributed by atoms with van der Waals surface area (Å²) >= 11 is 0. The standard InChI is InChI=1S/C61H59N3/c1-59(2,3)42-27-31-44(32-28-42)62(54-25-15-19-40-17-9-11-21-48(40)54)46-35-36-56-50(37-46)51-38-47(39-53-58(51)64(56)57-24-14-13-23-52(57)61(53,7)8)63(45-33-29-43(30-34-45)60(4,5)6)55-26-16-20-41-18-10-12-22-49(41)55/h9-27,29,31-39,42-43H,28,30H2,1-8H3. The first-order valence-corrected chi connectivity index (χ1v) is 23.3. The van der Waals surface area contributed by atoms with Crippen LogP contribution < -0.4 is 9.80 Å². The topological polar surface area (TPSA) is 11.4 Å². The summed E-state index contributed by atoms with van der Waals surface area (Å²) in [4.78, 5) is 5.05. The number of hydrogen-bond donors (Lipinski definition) is 0. The first-order chi connectivity index (χ1) is 30.8. The Labute approximate surface area is 379 Å². The van der Waals surface area contributed by atoms with Gasteiger partial charge in [0.1, 0.15) is 0 Å². The highest BCUT2D eigenvalue weighted by molar-refractivity contribution is 6.14. The van der Waals surface area contributed by atoms with Gasteiger partial charge in [-0.15, -0.1) is 0 Å². The lowest BCUT2D eigenvalue weighted by atomic mass is 9.74. The molecule has 2 unspecified atom stereocenters. The van der Waals surface area contributed by atoms with Crippen LogP contribution in [0.15, 0.2) is 187 Å². The maximum Gasteiger partial charge on any atom is 0.0583 e. The fraction of sp³-hybridized carbons (Fsp3) is 0.246. The normalized spacial score (nSPS) is 18.1. The first-order valence-electron chi connectivity index (χ1n) is 23.3. The van der Waals surface area contributed by atoms with Gasteiger partial charge in [-0.3, -0.25) is 0 Å². The van der Waals surface area contributed by atoms with E-state index in [1.54, 1.807) is 0 Å². The molecule has 11 rings (SSSR count). The predicted octanol–water partition coefficient (Wildman–Crippen LogP) is 17.0. The number of anilines is 4. The zero-order chi connectivity index (χ0) is 44.1. The minimum atomic E-state index is -0.257. The summed E-state index contributed by atoms with van der Waals surface area (Å²) in [6.45, 7) is 19.0. The summed E-state index contributed by atoms with van der Waals surface area (Å²) in [5, 5.41) is 7.48. The average Bonchev–Trinajstić information content (AvgIpc) is 3.62. The van der Waals surface area contributed by atoms with Crippen LogP contribution in [0.4, 0.5) is 22.7 Å². The Morgan fingerprint density at radius 3 is 1.58 bits per heavy atom. The molecular weight excluding hydrogens is 775 g/mol. The molecule has 0 saturated heterocycles. The Morgan fingerprint density at radius 1 is 0.500 bits per heavy atom. The molecule has 0 N–H and O–H groups in total. The SMILES string of the molecule is CC1(C)c2ccccc2-n2c3ccc(N(C4=CCC(C(C)(C)C)C=C4)c4cccc5ccccc45)cc3c3cc(N(C4=CCC(C(C)(C)C)C=C4)c4cccc5ccccc45)cc1c32. The van der Waals surface area contributed by atoms with Gasteiger partial charge in [-0.25, -0.2) is 0 Å². The Bertz CT molecular complexity index is 3290. The zero-order valence-electron chi connectivity index (χ0n) is 38.7. The molecule has 1 aromatic heterocycles. The van der Waals surface area contributed by atoms with E-state index >= 15 is 0 Å². The van der Waals surface area contributed by atoms with Gasteiger partial charge in [0.2, 0.25) is 0 Å². The van der Waals surface area contributed by atoms with Gasteiger partial charge in [0.05, 0.1) is 28.1 Å². The molecule has 3 nitrogen and oxygen atoms in total. The van der Waals surface area contributed by atoms with Gasteiger partial charge in [0.15, 0.2) is 0 Å². The zero-order valence-corrected chi connectivity index (χ0v) is 38.7. The van der Waals surface area contributed by atoms with E-state index in [-0.39, 0.29) is 16.2 Å². The molecule has 2 atom stereocenters. The molecule has 0 bridgehead atoms. The minimum Gasteiger partial charge on any atom is -0.310 e. The van der Waals surface area contributed by atoms with Gasteiger partial charge in [-0.2, -0.15) is 0 Å². The van der Waals surface area contributed by atoms with Gasteiger partial charge < -0.3 is 14.4 Å². The number of para-hydroxylation sites is 1. The molecule has 7 aromatic carbocycles. The van der Waals surface area contributed by atoms with Crippen molar-refractivity contribution in [3.63, 3.8) is 0 Å². The van der Waals surface area contributed by atoms with Crippen LogP contribution in [0.25, 0.3) is 49.0 Å². The van der Waals surface area contributed by atoms with E-state index in [9.17, 15) is 0 Å². The third-order valence-electron chi connectivity index (χ3n) is 14.8. The maximum atomic E-state index is 2.56. The third kappa shape index (κ3) is 6.46. The van der Waals surface area contributed by atoms with Gasteiger partial charge >= 0.3 is 0 Å². The van der Waals surface area contributed by atoms with Crippen molar-refractivity contribution in [1.82, 2.24) is 4.57 Å². The Balaban J connectivity index is 1.19. The van der Waals surface area contributed by atoms with Gasteiger partial charge in [-0.1, -0.05) is 171 Å². The summed E-state index contributed by atoms with van der Waals surface area (Å²) in [7, 11) is 0. The van der Waals surface area contributed by atoms with E-state index in [1.807, 2.05) is 0 Å². The summed E-state index contributed by atoms with van der Waals surface area (Å²) < 4.78 is 2.56. The van der Waals surface area contributed by atoms with E-state index in [2.05, 4.69) is 246 Å². The van der Waals surface area contributed by atoms with Crippen molar-refractivity contribution in [2.75, 3.05) is 9.80 Å². The molecule has 0 amide bonds. The van der Waals surface area contributed by atoms with E-state index in [4.69, 9.17) is 0 Å². The maximum absolute atomic E-state index is 2.56. The summed E-state index contributed by atoms with van der Waals surface area (Å²) in [5.74, 6) is 0.949. The Hall–Kier alpha value is -6.58. The van der Waals surface area contributed by atoms with Crippen molar-refractivity contribution >= 4 is 66.1 Å². The monoisotopic (exact) mass is 833 g/mol. The molecule has 8 aromatic rings. The number of benzene rings is 7. The number of allylic oxidation sites excluding steroid dienone is 6. The lowest BCUT2D eigenvalue weighted by Crippen LogP contribution is -2.27. The second-order valence-electron chi connectivity index (χ2n) is 21.1. The molecule has 2 heterocycles. The van der Waals surface area contributed by atoms with Gasteiger partial charge in [-0.05, 0) is 118 Å². The Morgan fingerprint density at radius 2 is 1.02 bits per heavy atom. The van der Waals surface area contributed by atoms with Crippen LogP contribution in [0.3, 0.4) is 0 Å². The van der Waals surface area contributed by atoms with Crippen LogP contribution in [0.5, 0.6) is 0 Å². The van der Waals surface area contributed by atoms with Crippen molar-refractivity contribution < 1.29 is 0 Å². The molecule has 1 aliphatic heterocycles. The molecule has 0 saturated carbocycles. The summed E-state index contributed by atoms with van der Waals surface area (Å²) in [6.07, 6.45) is 16.6. The summed E-state index contributed by atoms with van der Waals surface area (Å²) in [5.41, 5.74) is 13.7. The molecule has 3 heteroatoms. The number of rotatable bonds is 6. The number of fused-ring (bicyclic) bond motifs is 7. The molecule has 0 radical (unpaired) electrons. The number of nitrogens with zero attached hydrogens (tertiary/aromatic N) is 3. The highest BCUT2D eigenvalue weighted by Gasteiger charge is 2.37. The van der Waals surface area contributed by atoms with Crippen molar-refractivity contribution in [2.45, 2.75) is 73.6 Å². The van der Waals surface area contributed by atoms with Gasteiger partial charge in [0.25, 0.3) is 0 Å². The minimum absolute atomic E-state index is 0.181. The fourth-order valence-electron chi connectivity index (χ4n) is 11.0. The largest absolute Gasteiger partial charge is 0.310 e. The van der Waals surface area contributed by atoms with Gasteiger partial charge in [0, 0.05) is 49.7 Å². The van der Waals surface area contributed by atoms with E-state index in [0.29, 0.717) is 11.8 Å². The second kappa shape index (κ2) is 14.7. The molecule has 0 spiro atoms. The van der Waals surface area contributed by atoms with Crippen molar-refractivity contribution in [3.8, 4) is 5.69 Å². The Kier molecular flexibility index (Phi) is 9.26. The smallest absolute Gasteiger partial charge is 0.0583 e. The van der Waals surface area contributed by atoms with E-state index in [0.717, 1.165) is 18.5 Å². The van der Waals surface area contributed by atoms with Crippen LogP contribution in [-0.4, -0.2) is 4.57 Å². The highest BCUT2D eigenvalue weighted by Crippen LogP contribution is 2.52. The van der Waals surface area contributed by atoms with E-state index in [1.165, 1.54) is 88.6 Å². The highest BCUT2D eigenvalue weighted by atomic mass is 15.2. The molecule has 3 aliphatic rings. The van der Waals surface area contributed by atoms with Crippen LogP contribution >= 0.6 is 0 Å². The quantitative estimate of drug-likeness (QED) is 0.165. The average molecular weight is 834 g/mol. The lowest BCUT2D eigenvalue weighted by Gasteiger charge is -2.37. The summed E-state index contributed by atoms with van der Waals surface area (Å²) in [6, 6.07) is 52.4. The molecule has 0 fully saturated rings. The molecule has 318 valence electrons. The van der Waals surface area contributed by atoms with Crippen molar-refractivity contribution in [3.05, 3.63) is 199 Å². The molecule has 64 heavy (non-hydrogen) atoms. The van der Waals surface area contributed by atoms with Crippen LogP contribution in [0, 0.1) is 22.7 Å². The number of hydrogen-bond acceptors (Lipinski definition) is 2. The fourth-order valence-corrected chi connectivity index (χ4v) is 11.0. The number of aromatic nitrogens is 1.